The number of methoxy groups -OCH3 is 1. The third-order valence-electron chi connectivity index (χ3n) is 4.91. The highest BCUT2D eigenvalue weighted by molar-refractivity contribution is 5.97. The van der Waals surface area contributed by atoms with Crippen LogP contribution in [0.4, 0.5) is 5.95 Å². The van der Waals surface area contributed by atoms with Crippen LogP contribution in [0.2, 0.25) is 0 Å². The maximum Gasteiger partial charge on any atom is 0.251 e. The lowest BCUT2D eigenvalue weighted by atomic mass is 9.98. The Bertz CT molecular complexity index is 1040. The number of anilines is 1. The Morgan fingerprint density at radius 2 is 1.86 bits per heavy atom. The fourth-order valence-corrected chi connectivity index (χ4v) is 3.48. The number of nitrogens with one attached hydrogen (secondary N) is 1. The molecule has 3 aromatic rings. The SMILES string of the molecule is COc1c(-c2ccc(C(=O)NC(C)C)cc2)ccc2nc(N)nc(C3CC3)c12. The van der Waals surface area contributed by atoms with E-state index in [-0.39, 0.29) is 11.9 Å². The first-order chi connectivity index (χ1) is 13.5. The van der Waals surface area contributed by atoms with Crippen LogP contribution >= 0.6 is 0 Å². The molecule has 1 heterocycles. The van der Waals surface area contributed by atoms with Crippen molar-refractivity contribution in [2.24, 2.45) is 0 Å². The van der Waals surface area contributed by atoms with Gasteiger partial charge in [-0.25, -0.2) is 9.97 Å². The van der Waals surface area contributed by atoms with Crippen molar-refractivity contribution >= 4 is 22.8 Å². The topological polar surface area (TPSA) is 90.1 Å². The summed E-state index contributed by atoms with van der Waals surface area (Å²) in [6, 6.07) is 11.6. The number of aromatic nitrogens is 2. The van der Waals surface area contributed by atoms with Crippen molar-refractivity contribution in [3.8, 4) is 16.9 Å². The fraction of sp³-hybridized carbons (Fsp3) is 0.318. The van der Waals surface area contributed by atoms with E-state index in [1.54, 1.807) is 7.11 Å². The summed E-state index contributed by atoms with van der Waals surface area (Å²) in [6.07, 6.45) is 2.22. The predicted molar refractivity (Wildman–Crippen MR) is 111 cm³/mol. The van der Waals surface area contributed by atoms with Gasteiger partial charge < -0.3 is 15.8 Å². The summed E-state index contributed by atoms with van der Waals surface area (Å²) in [5.74, 6) is 1.38. The summed E-state index contributed by atoms with van der Waals surface area (Å²) in [5, 5.41) is 3.83. The second-order valence-corrected chi connectivity index (χ2v) is 7.49. The maximum absolute atomic E-state index is 12.2. The van der Waals surface area contributed by atoms with Gasteiger partial charge in [-0.05, 0) is 56.5 Å². The fourth-order valence-electron chi connectivity index (χ4n) is 3.48. The molecule has 0 unspecified atom stereocenters. The summed E-state index contributed by atoms with van der Waals surface area (Å²) in [5.41, 5.74) is 10.2. The van der Waals surface area contributed by atoms with Crippen LogP contribution in [-0.2, 0) is 0 Å². The highest BCUT2D eigenvalue weighted by Crippen LogP contribution is 2.46. The molecule has 4 rings (SSSR count). The van der Waals surface area contributed by atoms with Gasteiger partial charge in [-0.3, -0.25) is 4.79 Å². The van der Waals surface area contributed by atoms with E-state index >= 15 is 0 Å². The minimum absolute atomic E-state index is 0.0769. The van der Waals surface area contributed by atoms with Gasteiger partial charge in [0.05, 0.1) is 23.7 Å². The lowest BCUT2D eigenvalue weighted by Gasteiger charge is -2.15. The third kappa shape index (κ3) is 3.38. The van der Waals surface area contributed by atoms with Crippen molar-refractivity contribution in [2.75, 3.05) is 12.8 Å². The van der Waals surface area contributed by atoms with Gasteiger partial charge in [0.2, 0.25) is 5.95 Å². The van der Waals surface area contributed by atoms with Crippen LogP contribution < -0.4 is 15.8 Å². The van der Waals surface area contributed by atoms with E-state index in [9.17, 15) is 4.79 Å². The van der Waals surface area contributed by atoms with E-state index in [1.807, 2.05) is 50.2 Å². The van der Waals surface area contributed by atoms with Crippen LogP contribution in [0.5, 0.6) is 5.75 Å². The number of fused-ring (bicyclic) bond motifs is 1. The van der Waals surface area contributed by atoms with Crippen LogP contribution in [0.1, 0.15) is 48.7 Å². The molecular formula is C22H24N4O2. The molecule has 0 radical (unpaired) electrons. The van der Waals surface area contributed by atoms with Crippen molar-refractivity contribution in [3.05, 3.63) is 47.7 Å². The lowest BCUT2D eigenvalue weighted by molar-refractivity contribution is 0.0943. The molecule has 1 aliphatic rings. The number of nitrogens with two attached hydrogens (primary N) is 1. The molecule has 2 aromatic carbocycles. The number of nitrogen functional groups attached to an aromatic ring is 1. The average Bonchev–Trinajstić information content (AvgIpc) is 3.51. The molecule has 3 N–H and O–H groups in total. The summed E-state index contributed by atoms with van der Waals surface area (Å²) < 4.78 is 5.80. The van der Waals surface area contributed by atoms with Crippen LogP contribution in [0.15, 0.2) is 36.4 Å². The minimum Gasteiger partial charge on any atom is -0.495 e. The number of rotatable bonds is 5. The molecule has 144 valence electrons. The Morgan fingerprint density at radius 3 is 2.46 bits per heavy atom. The highest BCUT2D eigenvalue weighted by Gasteiger charge is 2.30. The van der Waals surface area contributed by atoms with E-state index in [0.717, 1.165) is 46.3 Å². The van der Waals surface area contributed by atoms with Crippen LogP contribution in [0.3, 0.4) is 0 Å². The third-order valence-corrected chi connectivity index (χ3v) is 4.91. The summed E-state index contributed by atoms with van der Waals surface area (Å²) in [6.45, 7) is 3.89. The molecule has 28 heavy (non-hydrogen) atoms. The Labute approximate surface area is 164 Å². The Kier molecular flexibility index (Phi) is 4.63. The Hall–Kier alpha value is -3.15. The Morgan fingerprint density at radius 1 is 1.14 bits per heavy atom. The predicted octanol–water partition coefficient (Wildman–Crippen LogP) is 3.90. The largest absolute Gasteiger partial charge is 0.495 e. The molecule has 0 atom stereocenters. The van der Waals surface area contributed by atoms with Crippen LogP contribution in [0, 0.1) is 0 Å². The van der Waals surface area contributed by atoms with E-state index in [0.29, 0.717) is 17.4 Å². The molecule has 0 spiro atoms. The molecule has 0 aliphatic heterocycles. The van der Waals surface area contributed by atoms with Gasteiger partial charge in [0.15, 0.2) is 0 Å². The zero-order valence-electron chi connectivity index (χ0n) is 16.3. The number of nitrogens with zero attached hydrogens (tertiary/aromatic N) is 2. The molecule has 6 nitrogen and oxygen atoms in total. The quantitative estimate of drug-likeness (QED) is 0.705. The summed E-state index contributed by atoms with van der Waals surface area (Å²) in [4.78, 5) is 21.1. The highest BCUT2D eigenvalue weighted by atomic mass is 16.5. The van der Waals surface area contributed by atoms with Crippen molar-refractivity contribution in [1.82, 2.24) is 15.3 Å². The van der Waals surface area contributed by atoms with Crippen molar-refractivity contribution in [2.45, 2.75) is 38.6 Å². The first-order valence-electron chi connectivity index (χ1n) is 9.53. The molecule has 1 amide bonds. The molecule has 0 saturated heterocycles. The van der Waals surface area contributed by atoms with Gasteiger partial charge in [-0.1, -0.05) is 12.1 Å². The average molecular weight is 376 g/mol. The van der Waals surface area contributed by atoms with E-state index in [2.05, 4.69) is 15.3 Å². The maximum atomic E-state index is 12.2. The number of hydrogen-bond acceptors (Lipinski definition) is 5. The number of hydrogen-bond donors (Lipinski definition) is 2. The number of benzene rings is 2. The molecule has 1 fully saturated rings. The first kappa shape index (κ1) is 18.2. The number of carbonyl (C=O) groups is 1. The number of amides is 1. The van der Waals surface area contributed by atoms with Crippen molar-refractivity contribution < 1.29 is 9.53 Å². The second kappa shape index (κ2) is 7.11. The zero-order valence-corrected chi connectivity index (χ0v) is 16.3. The van der Waals surface area contributed by atoms with Crippen LogP contribution in [-0.4, -0.2) is 29.0 Å². The molecule has 1 saturated carbocycles. The van der Waals surface area contributed by atoms with Gasteiger partial charge in [0.1, 0.15) is 5.75 Å². The summed E-state index contributed by atoms with van der Waals surface area (Å²) in [7, 11) is 1.66. The van der Waals surface area contributed by atoms with E-state index < -0.39 is 0 Å². The summed E-state index contributed by atoms with van der Waals surface area (Å²) >= 11 is 0. The molecule has 6 heteroatoms. The molecule has 0 bridgehead atoms. The van der Waals surface area contributed by atoms with E-state index in [4.69, 9.17) is 10.5 Å². The monoisotopic (exact) mass is 376 g/mol. The zero-order chi connectivity index (χ0) is 19.8. The second-order valence-electron chi connectivity index (χ2n) is 7.49. The van der Waals surface area contributed by atoms with Gasteiger partial charge >= 0.3 is 0 Å². The van der Waals surface area contributed by atoms with Gasteiger partial charge in [0, 0.05) is 23.1 Å². The lowest BCUT2D eigenvalue weighted by Crippen LogP contribution is -2.29. The standard InChI is InChI=1S/C22H24N4O2/c1-12(2)24-21(27)15-8-4-13(5-9-15)16-10-11-17-18(20(16)28-3)19(14-6-7-14)26-22(23)25-17/h4-5,8-12,14H,6-7H2,1-3H3,(H,24,27)(H2,23,25,26). The smallest absolute Gasteiger partial charge is 0.251 e. The van der Waals surface area contributed by atoms with Gasteiger partial charge in [-0.15, -0.1) is 0 Å². The normalized spacial score (nSPS) is 13.7. The van der Waals surface area contributed by atoms with Gasteiger partial charge in [0.25, 0.3) is 5.91 Å². The van der Waals surface area contributed by atoms with Crippen molar-refractivity contribution in [1.29, 1.82) is 0 Å². The first-order valence-corrected chi connectivity index (χ1v) is 9.53. The number of ether oxygens (including phenoxy) is 1. The molecular weight excluding hydrogens is 352 g/mol. The minimum atomic E-state index is -0.0769. The Balaban J connectivity index is 1.80. The molecule has 1 aliphatic carbocycles. The van der Waals surface area contributed by atoms with Crippen LogP contribution in [0.25, 0.3) is 22.0 Å². The number of carbonyl (C=O) groups excluding carboxylic acids is 1. The van der Waals surface area contributed by atoms with Gasteiger partial charge in [-0.2, -0.15) is 0 Å². The molecule has 1 aromatic heterocycles. The van der Waals surface area contributed by atoms with Crippen molar-refractivity contribution in [3.63, 3.8) is 0 Å². The van der Waals surface area contributed by atoms with E-state index in [1.165, 1.54) is 0 Å².